The van der Waals surface area contributed by atoms with Gasteiger partial charge in [0.2, 0.25) is 0 Å². The number of fused-ring (bicyclic) bond motifs is 1. The summed E-state index contributed by atoms with van der Waals surface area (Å²) in [6.07, 6.45) is 8.22. The van der Waals surface area contributed by atoms with Gasteiger partial charge in [-0.1, -0.05) is 45.4 Å². The van der Waals surface area contributed by atoms with E-state index in [0.717, 1.165) is 60.7 Å². The number of nitrogens with zero attached hydrogens (tertiary/aromatic N) is 3. The topological polar surface area (TPSA) is 106 Å². The van der Waals surface area contributed by atoms with Gasteiger partial charge in [-0.2, -0.15) is 0 Å². The van der Waals surface area contributed by atoms with Gasteiger partial charge in [0.1, 0.15) is 18.2 Å². The third-order valence-corrected chi connectivity index (χ3v) is 9.65. The first-order valence-electron chi connectivity index (χ1n) is 17.2. The Morgan fingerprint density at radius 1 is 1.02 bits per heavy atom. The van der Waals surface area contributed by atoms with Gasteiger partial charge in [-0.05, 0) is 90.1 Å². The van der Waals surface area contributed by atoms with Crippen LogP contribution in [0.2, 0.25) is 0 Å². The molecule has 0 fully saturated rings. The van der Waals surface area contributed by atoms with Crippen LogP contribution in [0.25, 0.3) is 17.2 Å². The zero-order valence-corrected chi connectivity index (χ0v) is 29.6. The Morgan fingerprint density at radius 3 is 2.53 bits per heavy atom. The summed E-state index contributed by atoms with van der Waals surface area (Å²) in [6, 6.07) is 21.7. The van der Waals surface area contributed by atoms with E-state index in [1.807, 2.05) is 18.2 Å². The molecule has 0 spiro atoms. The largest absolute Gasteiger partial charge is 0.491 e. The fourth-order valence-electron chi connectivity index (χ4n) is 5.79. The number of carbonyl (C=O) groups is 1. The molecule has 1 unspecified atom stereocenters. The summed E-state index contributed by atoms with van der Waals surface area (Å²) in [5.74, 6) is 2.02. The number of aromatic nitrogens is 2. The van der Waals surface area contributed by atoms with Gasteiger partial charge in [0, 0.05) is 60.5 Å². The van der Waals surface area contributed by atoms with Crippen LogP contribution in [0.4, 0.5) is 11.4 Å². The van der Waals surface area contributed by atoms with Crippen molar-refractivity contribution in [2.75, 3.05) is 49.7 Å². The molecule has 49 heavy (non-hydrogen) atoms. The molecule has 0 saturated heterocycles. The lowest BCUT2D eigenvalue weighted by Crippen LogP contribution is -2.29. The number of aliphatic hydroxyl groups is 1. The maximum atomic E-state index is 13.6. The van der Waals surface area contributed by atoms with E-state index in [1.165, 1.54) is 0 Å². The molecule has 5 rings (SSSR count). The highest BCUT2D eigenvalue weighted by molar-refractivity contribution is 7.84. The highest BCUT2D eigenvalue weighted by Crippen LogP contribution is 2.34. The summed E-state index contributed by atoms with van der Waals surface area (Å²) in [5, 5.41) is 12.3. The second kappa shape index (κ2) is 17.9. The zero-order chi connectivity index (χ0) is 34.6. The van der Waals surface area contributed by atoms with Crippen molar-refractivity contribution in [2.24, 2.45) is 5.92 Å². The second-order valence-electron chi connectivity index (χ2n) is 12.6. The van der Waals surface area contributed by atoms with E-state index in [0.29, 0.717) is 54.1 Å². The van der Waals surface area contributed by atoms with E-state index >= 15 is 0 Å². The molecule has 9 nitrogen and oxygen atoms in total. The fraction of sp³-hybridized carbons (Fsp3) is 0.385. The Kier molecular flexibility index (Phi) is 13.2. The van der Waals surface area contributed by atoms with Gasteiger partial charge in [-0.3, -0.25) is 9.00 Å². The van der Waals surface area contributed by atoms with E-state index in [9.17, 15) is 14.1 Å². The minimum absolute atomic E-state index is 0.0108. The molecule has 3 aromatic carbocycles. The number of unbranched alkanes of at least 4 members (excludes halogenated alkanes) is 1. The molecule has 0 aliphatic carbocycles. The molecule has 0 saturated carbocycles. The number of ether oxygens (including phenoxy) is 2. The molecule has 0 radical (unpaired) electrons. The van der Waals surface area contributed by atoms with Crippen LogP contribution < -0.4 is 15.0 Å². The molecule has 260 valence electrons. The van der Waals surface area contributed by atoms with Crippen molar-refractivity contribution in [3.05, 3.63) is 96.1 Å². The molecule has 1 atom stereocenters. The number of hydrogen-bond acceptors (Lipinski definition) is 7. The Labute approximate surface area is 292 Å². The van der Waals surface area contributed by atoms with Crippen LogP contribution in [0.3, 0.4) is 0 Å². The normalized spacial score (nSPS) is 13.5. The maximum absolute atomic E-state index is 13.6. The van der Waals surface area contributed by atoms with Crippen LogP contribution in [0.15, 0.2) is 89.6 Å². The van der Waals surface area contributed by atoms with Gasteiger partial charge in [0.05, 0.1) is 29.8 Å². The highest BCUT2D eigenvalue weighted by Gasteiger charge is 2.21. The Morgan fingerprint density at radius 2 is 1.80 bits per heavy atom. The number of aliphatic hydroxyl groups excluding tert-OH is 1. The Hall–Kier alpha value is -4.25. The molecule has 1 aliphatic heterocycles. The smallest absolute Gasteiger partial charge is 0.251 e. The van der Waals surface area contributed by atoms with Crippen molar-refractivity contribution in [3.63, 3.8) is 0 Å². The molecule has 2 N–H and O–H groups in total. The molecule has 10 heteroatoms. The van der Waals surface area contributed by atoms with E-state index in [2.05, 4.69) is 66.3 Å². The van der Waals surface area contributed by atoms with Crippen LogP contribution >= 0.6 is 0 Å². The highest BCUT2D eigenvalue weighted by atomic mass is 32.2. The van der Waals surface area contributed by atoms with E-state index < -0.39 is 10.8 Å². The summed E-state index contributed by atoms with van der Waals surface area (Å²) in [6.45, 7) is 10.5. The SMILES string of the molecule is CCCCOCCOc1ccc(-c2ccc3c(c2)C=C(C(=O)Nc2ccc(S(=O)Cc4nccn4CCO)cc2)CCN3CC(C)C)cc1. The molecule has 0 bridgehead atoms. The van der Waals surface area contributed by atoms with E-state index in [4.69, 9.17) is 9.47 Å². The minimum atomic E-state index is -1.32. The zero-order valence-electron chi connectivity index (χ0n) is 28.8. The summed E-state index contributed by atoms with van der Waals surface area (Å²) in [5.41, 5.74) is 5.62. The van der Waals surface area contributed by atoms with Gasteiger partial charge < -0.3 is 29.4 Å². The third kappa shape index (κ3) is 10.1. The Balaban J connectivity index is 1.28. The van der Waals surface area contributed by atoms with Crippen LogP contribution in [0, 0.1) is 5.92 Å². The molecule has 1 aromatic heterocycles. The standard InChI is InChI=1S/C39H48N4O5S/c1-4-5-22-47-23-24-48-35-11-6-30(7-12-35)31-8-15-37-33(25-31)26-32(16-18-43(37)27-29(2)3)39(45)41-34-9-13-36(14-10-34)49(46)28-38-40-17-19-42(38)20-21-44/h6-15,17,19,25-26,29,44H,4-5,16,18,20-24,27-28H2,1-3H3,(H,41,45). The summed E-state index contributed by atoms with van der Waals surface area (Å²) in [4.78, 5) is 20.9. The number of nitrogens with one attached hydrogen (secondary N) is 1. The number of carbonyl (C=O) groups excluding carboxylic acids is 1. The lowest BCUT2D eigenvalue weighted by molar-refractivity contribution is -0.112. The first-order valence-corrected chi connectivity index (χ1v) is 18.5. The van der Waals surface area contributed by atoms with Crippen LogP contribution in [0.5, 0.6) is 5.75 Å². The lowest BCUT2D eigenvalue weighted by Gasteiger charge is -2.27. The number of imidazole rings is 1. The fourth-order valence-corrected chi connectivity index (χ4v) is 6.87. The van der Waals surface area contributed by atoms with Crippen molar-refractivity contribution in [2.45, 2.75) is 57.2 Å². The first-order chi connectivity index (χ1) is 23.8. The van der Waals surface area contributed by atoms with E-state index in [-0.39, 0.29) is 18.3 Å². The Bertz CT molecular complexity index is 1720. The minimum Gasteiger partial charge on any atom is -0.491 e. The predicted molar refractivity (Wildman–Crippen MR) is 197 cm³/mol. The van der Waals surface area contributed by atoms with Crippen molar-refractivity contribution in [1.29, 1.82) is 0 Å². The molecule has 4 aromatic rings. The third-order valence-electron chi connectivity index (χ3n) is 8.33. The van der Waals surface area contributed by atoms with Crippen molar-refractivity contribution >= 4 is 34.2 Å². The summed E-state index contributed by atoms with van der Waals surface area (Å²) >= 11 is 0. The monoisotopic (exact) mass is 684 g/mol. The average Bonchev–Trinajstić information content (AvgIpc) is 3.45. The van der Waals surface area contributed by atoms with Crippen LogP contribution in [-0.4, -0.2) is 64.3 Å². The lowest BCUT2D eigenvalue weighted by atomic mass is 10.00. The quantitative estimate of drug-likeness (QED) is 0.116. The number of rotatable bonds is 17. The predicted octanol–water partition coefficient (Wildman–Crippen LogP) is 6.93. The van der Waals surface area contributed by atoms with Crippen molar-refractivity contribution in [3.8, 4) is 16.9 Å². The van der Waals surface area contributed by atoms with Gasteiger partial charge in [-0.15, -0.1) is 0 Å². The van der Waals surface area contributed by atoms with Gasteiger partial charge in [0.15, 0.2) is 0 Å². The van der Waals surface area contributed by atoms with Crippen LogP contribution in [-0.2, 0) is 32.6 Å². The molecule has 2 heterocycles. The number of benzene rings is 3. The average molecular weight is 685 g/mol. The molecular formula is C39H48N4O5S. The van der Waals surface area contributed by atoms with Gasteiger partial charge >= 0.3 is 0 Å². The van der Waals surface area contributed by atoms with Crippen molar-refractivity contribution < 1.29 is 23.6 Å². The summed E-state index contributed by atoms with van der Waals surface area (Å²) < 4.78 is 26.3. The second-order valence-corrected chi connectivity index (χ2v) is 14.1. The van der Waals surface area contributed by atoms with Crippen LogP contribution in [0.1, 0.15) is 51.4 Å². The van der Waals surface area contributed by atoms with E-state index in [1.54, 1.807) is 41.2 Å². The maximum Gasteiger partial charge on any atom is 0.251 e. The summed E-state index contributed by atoms with van der Waals surface area (Å²) in [7, 11) is -1.32. The molecule has 1 aliphatic rings. The number of anilines is 2. The number of amides is 1. The van der Waals surface area contributed by atoms with Gasteiger partial charge in [0.25, 0.3) is 5.91 Å². The van der Waals surface area contributed by atoms with Gasteiger partial charge in [-0.25, -0.2) is 4.98 Å². The molecule has 1 amide bonds. The van der Waals surface area contributed by atoms with Crippen molar-refractivity contribution in [1.82, 2.24) is 9.55 Å². The number of hydrogen-bond donors (Lipinski definition) is 2. The molecular weight excluding hydrogens is 637 g/mol. The first kappa shape index (κ1) is 36.0.